The quantitative estimate of drug-likeness (QED) is 0.598. The largest absolute Gasteiger partial charge is 0.475 e. The molecular weight excluding hydrogens is 280 g/mol. The number of hydrogen-bond acceptors (Lipinski definition) is 2. The van der Waals surface area contributed by atoms with Gasteiger partial charge in [0, 0.05) is 0 Å². The van der Waals surface area contributed by atoms with Gasteiger partial charge in [0.1, 0.15) is 12.1 Å². The predicted molar refractivity (Wildman–Crippen MR) is 72.0 cm³/mol. The molecule has 1 aromatic carbocycles. The summed E-state index contributed by atoms with van der Waals surface area (Å²) in [5, 5.41) is 0. The maximum Gasteiger partial charge on any atom is 0.266 e. The van der Waals surface area contributed by atoms with E-state index in [0.717, 1.165) is 5.56 Å². The normalized spacial score (nSPS) is 24.1. The summed E-state index contributed by atoms with van der Waals surface area (Å²) in [4.78, 5) is 4.36. The molecule has 0 bridgehead atoms. The lowest BCUT2D eigenvalue weighted by molar-refractivity contribution is 0.283. The van der Waals surface area contributed by atoms with Crippen molar-refractivity contribution in [3.63, 3.8) is 0 Å². The fourth-order valence-electron chi connectivity index (χ4n) is 1.67. The molecule has 0 aromatic heterocycles. The van der Waals surface area contributed by atoms with E-state index in [1.54, 1.807) is 6.08 Å². The first-order chi connectivity index (χ1) is 7.98. The van der Waals surface area contributed by atoms with E-state index in [1.165, 1.54) is 0 Å². The molecule has 1 atom stereocenters. The standard InChI is InChI=1S/C12H10Cl3NO/c1-2-11(9-6-4-3-5-7-9)8-17-10(16-11)12(13,14)15/h2-7H,1,8H2. The molecule has 5 heteroatoms. The summed E-state index contributed by atoms with van der Waals surface area (Å²) in [6, 6.07) is 9.65. The first-order valence-corrected chi connectivity index (χ1v) is 6.10. The van der Waals surface area contributed by atoms with E-state index in [9.17, 15) is 0 Å². The van der Waals surface area contributed by atoms with Gasteiger partial charge in [-0.1, -0.05) is 71.2 Å². The number of nitrogens with zero attached hydrogens (tertiary/aromatic N) is 1. The minimum Gasteiger partial charge on any atom is -0.475 e. The Bertz CT molecular complexity index is 453. The van der Waals surface area contributed by atoms with Gasteiger partial charge in [0.2, 0.25) is 5.90 Å². The highest BCUT2D eigenvalue weighted by Crippen LogP contribution is 2.38. The molecular formula is C12H10Cl3NO. The molecule has 0 saturated heterocycles. The SMILES string of the molecule is C=CC1(c2ccccc2)COC(C(Cl)(Cl)Cl)=N1. The topological polar surface area (TPSA) is 21.6 Å². The van der Waals surface area contributed by atoms with Gasteiger partial charge >= 0.3 is 0 Å². The third kappa shape index (κ3) is 2.44. The van der Waals surface area contributed by atoms with Gasteiger partial charge in [-0.3, -0.25) is 0 Å². The van der Waals surface area contributed by atoms with Gasteiger partial charge in [0.05, 0.1) is 0 Å². The van der Waals surface area contributed by atoms with Crippen LogP contribution in [-0.4, -0.2) is 16.3 Å². The third-order valence-corrected chi connectivity index (χ3v) is 3.07. The van der Waals surface area contributed by atoms with Gasteiger partial charge in [0.15, 0.2) is 0 Å². The van der Waals surface area contributed by atoms with Crippen molar-refractivity contribution in [2.24, 2.45) is 4.99 Å². The van der Waals surface area contributed by atoms with Gasteiger partial charge in [-0.25, -0.2) is 4.99 Å². The number of ether oxygens (including phenoxy) is 1. The van der Waals surface area contributed by atoms with E-state index < -0.39 is 9.33 Å². The second kappa shape index (κ2) is 4.52. The monoisotopic (exact) mass is 289 g/mol. The number of alkyl halides is 3. The maximum atomic E-state index is 5.75. The van der Waals surface area contributed by atoms with E-state index in [-0.39, 0.29) is 5.90 Å². The van der Waals surface area contributed by atoms with Crippen LogP contribution in [-0.2, 0) is 10.3 Å². The van der Waals surface area contributed by atoms with Crippen molar-refractivity contribution >= 4 is 40.7 Å². The summed E-state index contributed by atoms with van der Waals surface area (Å²) < 4.78 is 3.72. The Labute approximate surface area is 115 Å². The summed E-state index contributed by atoms with van der Waals surface area (Å²) in [7, 11) is 0. The van der Waals surface area contributed by atoms with Crippen molar-refractivity contribution in [1.82, 2.24) is 0 Å². The molecule has 0 aliphatic carbocycles. The van der Waals surface area contributed by atoms with Gasteiger partial charge < -0.3 is 4.74 Å². The molecule has 0 radical (unpaired) electrons. The molecule has 1 aromatic rings. The molecule has 0 saturated carbocycles. The average Bonchev–Trinajstić information content (AvgIpc) is 2.75. The van der Waals surface area contributed by atoms with E-state index >= 15 is 0 Å². The Morgan fingerprint density at radius 1 is 1.29 bits per heavy atom. The van der Waals surface area contributed by atoms with Crippen LogP contribution in [0.15, 0.2) is 48.0 Å². The summed E-state index contributed by atoms with van der Waals surface area (Å²) in [5.41, 5.74) is 0.291. The molecule has 0 spiro atoms. The molecule has 0 N–H and O–H groups in total. The van der Waals surface area contributed by atoms with Crippen LogP contribution in [0.2, 0.25) is 0 Å². The zero-order valence-electron chi connectivity index (χ0n) is 8.87. The Hall–Kier alpha value is -0.700. The van der Waals surface area contributed by atoms with Crippen molar-refractivity contribution in [3.05, 3.63) is 48.6 Å². The summed E-state index contributed by atoms with van der Waals surface area (Å²) in [6.45, 7) is 4.09. The second-order valence-corrected chi connectivity index (χ2v) is 5.98. The molecule has 17 heavy (non-hydrogen) atoms. The fourth-order valence-corrected chi connectivity index (χ4v) is 1.96. The Balaban J connectivity index is 2.43. The molecule has 1 aliphatic rings. The fraction of sp³-hybridized carbons (Fsp3) is 0.250. The number of rotatable bonds is 2. The molecule has 90 valence electrons. The lowest BCUT2D eigenvalue weighted by Gasteiger charge is -2.19. The highest BCUT2D eigenvalue weighted by atomic mass is 35.6. The van der Waals surface area contributed by atoms with Crippen molar-refractivity contribution in [2.45, 2.75) is 9.33 Å². The van der Waals surface area contributed by atoms with Crippen LogP contribution < -0.4 is 0 Å². The summed E-state index contributed by atoms with van der Waals surface area (Å²) in [5.74, 6) is 0.103. The molecule has 2 nitrogen and oxygen atoms in total. The van der Waals surface area contributed by atoms with Crippen molar-refractivity contribution in [3.8, 4) is 0 Å². The first-order valence-electron chi connectivity index (χ1n) is 4.97. The molecule has 1 unspecified atom stereocenters. The van der Waals surface area contributed by atoms with Crippen molar-refractivity contribution in [2.75, 3.05) is 6.61 Å². The highest BCUT2D eigenvalue weighted by Gasteiger charge is 2.42. The van der Waals surface area contributed by atoms with E-state index in [1.807, 2.05) is 30.3 Å². The number of halogens is 3. The van der Waals surface area contributed by atoms with Crippen LogP contribution in [0, 0.1) is 0 Å². The summed E-state index contributed by atoms with van der Waals surface area (Å²) >= 11 is 17.3. The average molecular weight is 291 g/mol. The second-order valence-electron chi connectivity index (χ2n) is 3.70. The molecule has 1 aliphatic heterocycles. The van der Waals surface area contributed by atoms with E-state index in [2.05, 4.69) is 11.6 Å². The molecule has 1 heterocycles. The number of hydrogen-bond donors (Lipinski definition) is 0. The van der Waals surface area contributed by atoms with Crippen LogP contribution in [0.1, 0.15) is 5.56 Å². The molecule has 2 rings (SSSR count). The third-order valence-electron chi connectivity index (χ3n) is 2.58. The smallest absolute Gasteiger partial charge is 0.266 e. The minimum absolute atomic E-state index is 0.103. The van der Waals surface area contributed by atoms with Gasteiger partial charge in [-0.05, 0) is 5.56 Å². The Morgan fingerprint density at radius 3 is 2.41 bits per heavy atom. The van der Waals surface area contributed by atoms with E-state index in [0.29, 0.717) is 6.61 Å². The summed E-state index contributed by atoms with van der Waals surface area (Å²) in [6.07, 6.45) is 1.70. The predicted octanol–water partition coefficient (Wildman–Crippen LogP) is 3.87. The van der Waals surface area contributed by atoms with Gasteiger partial charge in [-0.15, -0.1) is 6.58 Å². The Morgan fingerprint density at radius 2 is 1.94 bits per heavy atom. The number of aliphatic imine (C=N–C) groups is 1. The Kier molecular flexibility index (Phi) is 3.39. The lowest BCUT2D eigenvalue weighted by atomic mass is 9.92. The maximum absolute atomic E-state index is 5.75. The highest BCUT2D eigenvalue weighted by molar-refractivity contribution is 6.76. The van der Waals surface area contributed by atoms with Crippen LogP contribution >= 0.6 is 34.8 Å². The van der Waals surface area contributed by atoms with Gasteiger partial charge in [0.25, 0.3) is 3.79 Å². The van der Waals surface area contributed by atoms with Gasteiger partial charge in [-0.2, -0.15) is 0 Å². The van der Waals surface area contributed by atoms with Crippen LogP contribution in [0.5, 0.6) is 0 Å². The van der Waals surface area contributed by atoms with Crippen LogP contribution in [0.4, 0.5) is 0 Å². The molecule has 0 amide bonds. The first kappa shape index (κ1) is 12.7. The van der Waals surface area contributed by atoms with Crippen molar-refractivity contribution < 1.29 is 4.74 Å². The molecule has 0 fully saturated rings. The van der Waals surface area contributed by atoms with Crippen molar-refractivity contribution in [1.29, 1.82) is 0 Å². The minimum atomic E-state index is -1.64. The van der Waals surface area contributed by atoms with Crippen LogP contribution in [0.25, 0.3) is 0 Å². The van der Waals surface area contributed by atoms with E-state index in [4.69, 9.17) is 39.5 Å². The zero-order valence-corrected chi connectivity index (χ0v) is 11.1. The lowest BCUT2D eigenvalue weighted by Crippen LogP contribution is -2.21. The zero-order chi connectivity index (χ0) is 12.5. The number of benzene rings is 1. The van der Waals surface area contributed by atoms with Crippen LogP contribution in [0.3, 0.4) is 0 Å².